The zero-order chi connectivity index (χ0) is 23.0. The number of alkyl halides is 3. The van der Waals surface area contributed by atoms with Crippen molar-refractivity contribution in [2.75, 3.05) is 5.32 Å². The second-order valence-corrected chi connectivity index (χ2v) is 8.30. The fourth-order valence-electron chi connectivity index (χ4n) is 3.27. The van der Waals surface area contributed by atoms with Crippen LogP contribution in [-0.4, -0.2) is 15.5 Å². The minimum absolute atomic E-state index is 0.329. The summed E-state index contributed by atoms with van der Waals surface area (Å²) < 4.78 is 40.8. The first-order valence-corrected chi connectivity index (χ1v) is 10.6. The molecule has 0 bridgehead atoms. The van der Waals surface area contributed by atoms with Crippen LogP contribution in [0.5, 0.6) is 0 Å². The van der Waals surface area contributed by atoms with Crippen LogP contribution in [0.4, 0.5) is 18.9 Å². The van der Waals surface area contributed by atoms with Crippen LogP contribution in [0.1, 0.15) is 18.5 Å². The molecule has 32 heavy (non-hydrogen) atoms. The maximum absolute atomic E-state index is 13.2. The van der Waals surface area contributed by atoms with Crippen molar-refractivity contribution in [3.63, 3.8) is 0 Å². The summed E-state index contributed by atoms with van der Waals surface area (Å²) in [5.41, 5.74) is -0.411. The van der Waals surface area contributed by atoms with Crippen molar-refractivity contribution in [1.82, 2.24) is 9.55 Å². The van der Waals surface area contributed by atoms with Crippen LogP contribution in [0.25, 0.3) is 21.3 Å². The summed E-state index contributed by atoms with van der Waals surface area (Å²) in [5, 5.41) is 4.95. The first kappa shape index (κ1) is 22.0. The zero-order valence-electron chi connectivity index (χ0n) is 16.5. The number of anilines is 1. The van der Waals surface area contributed by atoms with Crippen LogP contribution in [0, 0.1) is 0 Å². The molecular formula is C22H15ClF3N3O2S. The van der Waals surface area contributed by atoms with E-state index in [2.05, 4.69) is 10.3 Å². The van der Waals surface area contributed by atoms with Crippen LogP contribution >= 0.6 is 22.9 Å². The number of halogens is 4. The molecule has 1 N–H and O–H groups in total. The van der Waals surface area contributed by atoms with Crippen LogP contribution in [-0.2, 0) is 11.0 Å². The SMILES string of the molecule is CC(C(=O)Nc1ccccc1C(F)(F)F)n1cnc2scc(-c3ccc(Cl)cc3)c2c1=O. The van der Waals surface area contributed by atoms with Gasteiger partial charge in [-0.15, -0.1) is 11.3 Å². The summed E-state index contributed by atoms with van der Waals surface area (Å²) in [7, 11) is 0. The van der Waals surface area contributed by atoms with E-state index in [0.29, 0.717) is 20.8 Å². The lowest BCUT2D eigenvalue weighted by atomic mass is 10.1. The van der Waals surface area contributed by atoms with E-state index in [0.717, 1.165) is 22.3 Å². The highest BCUT2D eigenvalue weighted by Crippen LogP contribution is 2.35. The number of nitrogens with zero attached hydrogens (tertiary/aromatic N) is 2. The molecule has 0 fully saturated rings. The van der Waals surface area contributed by atoms with Crippen LogP contribution < -0.4 is 10.9 Å². The third-order valence-electron chi connectivity index (χ3n) is 4.96. The number of hydrogen-bond acceptors (Lipinski definition) is 4. The standard InChI is InChI=1S/C22H15ClF3N3O2S/c1-12(19(30)28-17-5-3-2-4-16(17)22(24,25)26)29-11-27-20-18(21(29)31)15(10-32-20)13-6-8-14(23)9-7-13/h2-12H,1H3,(H,28,30). The Morgan fingerprint density at radius 3 is 2.53 bits per heavy atom. The lowest BCUT2D eigenvalue weighted by Crippen LogP contribution is -2.32. The van der Waals surface area contributed by atoms with Gasteiger partial charge in [-0.3, -0.25) is 14.2 Å². The van der Waals surface area contributed by atoms with Gasteiger partial charge in [0.15, 0.2) is 0 Å². The van der Waals surface area contributed by atoms with Gasteiger partial charge in [-0.1, -0.05) is 35.9 Å². The summed E-state index contributed by atoms with van der Waals surface area (Å²) in [4.78, 5) is 30.7. The number of para-hydroxylation sites is 1. The summed E-state index contributed by atoms with van der Waals surface area (Å²) in [6.07, 6.45) is -3.40. The summed E-state index contributed by atoms with van der Waals surface area (Å²) >= 11 is 7.22. The van der Waals surface area contributed by atoms with Crippen molar-refractivity contribution >= 4 is 44.7 Å². The molecule has 2 aromatic heterocycles. The van der Waals surface area contributed by atoms with Crippen LogP contribution in [0.15, 0.2) is 65.0 Å². The third-order valence-corrected chi connectivity index (χ3v) is 6.10. The Hall–Kier alpha value is -3.17. The van der Waals surface area contributed by atoms with E-state index < -0.39 is 29.2 Å². The largest absolute Gasteiger partial charge is 0.418 e. The van der Waals surface area contributed by atoms with E-state index in [1.807, 2.05) is 0 Å². The zero-order valence-corrected chi connectivity index (χ0v) is 18.1. The second-order valence-electron chi connectivity index (χ2n) is 7.00. The van der Waals surface area contributed by atoms with Gasteiger partial charge < -0.3 is 5.32 Å². The van der Waals surface area contributed by atoms with Gasteiger partial charge in [-0.05, 0) is 36.8 Å². The molecule has 0 saturated heterocycles. The van der Waals surface area contributed by atoms with Crippen molar-refractivity contribution in [2.24, 2.45) is 0 Å². The molecule has 1 atom stereocenters. The second kappa shape index (κ2) is 8.40. The predicted molar refractivity (Wildman–Crippen MR) is 119 cm³/mol. The monoisotopic (exact) mass is 477 g/mol. The Labute approximate surface area is 189 Å². The first-order valence-electron chi connectivity index (χ1n) is 9.38. The molecule has 4 rings (SSSR count). The van der Waals surface area contributed by atoms with Crippen molar-refractivity contribution in [1.29, 1.82) is 0 Å². The van der Waals surface area contributed by atoms with Gasteiger partial charge >= 0.3 is 6.18 Å². The number of fused-ring (bicyclic) bond motifs is 1. The molecule has 0 spiro atoms. The quantitative estimate of drug-likeness (QED) is 0.392. The first-order chi connectivity index (χ1) is 15.2. The minimum atomic E-state index is -4.63. The number of nitrogens with one attached hydrogen (secondary N) is 1. The highest BCUT2D eigenvalue weighted by atomic mass is 35.5. The van der Waals surface area contributed by atoms with E-state index in [9.17, 15) is 22.8 Å². The number of aromatic nitrogens is 2. The van der Waals surface area contributed by atoms with E-state index in [1.54, 1.807) is 29.6 Å². The van der Waals surface area contributed by atoms with Gasteiger partial charge in [0.25, 0.3) is 5.56 Å². The van der Waals surface area contributed by atoms with Gasteiger partial charge in [0.05, 0.1) is 23.0 Å². The highest BCUT2D eigenvalue weighted by molar-refractivity contribution is 7.17. The average molecular weight is 478 g/mol. The number of thiophene rings is 1. The fourth-order valence-corrected chi connectivity index (χ4v) is 4.30. The average Bonchev–Trinajstić information content (AvgIpc) is 3.19. The number of rotatable bonds is 4. The molecule has 4 aromatic rings. The van der Waals surface area contributed by atoms with E-state index >= 15 is 0 Å². The van der Waals surface area contributed by atoms with E-state index in [-0.39, 0.29) is 5.69 Å². The molecule has 1 unspecified atom stereocenters. The predicted octanol–water partition coefficient (Wildman–Crippen LogP) is 6.00. The van der Waals surface area contributed by atoms with Gasteiger partial charge in [0, 0.05) is 16.0 Å². The molecular weight excluding hydrogens is 463 g/mol. The Bertz CT molecular complexity index is 1360. The van der Waals surface area contributed by atoms with E-state index in [1.165, 1.54) is 36.7 Å². The fraction of sp³-hybridized carbons (Fsp3) is 0.136. The lowest BCUT2D eigenvalue weighted by molar-refractivity contribution is -0.137. The van der Waals surface area contributed by atoms with Crippen molar-refractivity contribution in [3.8, 4) is 11.1 Å². The number of benzene rings is 2. The normalized spacial score (nSPS) is 12.7. The lowest BCUT2D eigenvalue weighted by Gasteiger charge is -2.18. The number of hydrogen-bond donors (Lipinski definition) is 1. The summed E-state index contributed by atoms with van der Waals surface area (Å²) in [6, 6.07) is 10.5. The topological polar surface area (TPSA) is 64.0 Å². The molecule has 0 aliphatic rings. The molecule has 2 aromatic carbocycles. The van der Waals surface area contributed by atoms with Crippen LogP contribution in [0.2, 0.25) is 5.02 Å². The maximum Gasteiger partial charge on any atom is 0.418 e. The molecule has 0 saturated carbocycles. The number of carbonyl (C=O) groups excluding carboxylic acids is 1. The molecule has 0 aliphatic carbocycles. The number of amides is 1. The van der Waals surface area contributed by atoms with E-state index in [4.69, 9.17) is 11.6 Å². The van der Waals surface area contributed by atoms with Gasteiger partial charge in [0.2, 0.25) is 5.91 Å². The third kappa shape index (κ3) is 4.13. The van der Waals surface area contributed by atoms with Crippen molar-refractivity contribution < 1.29 is 18.0 Å². The maximum atomic E-state index is 13.2. The Kier molecular flexibility index (Phi) is 5.79. The number of carbonyl (C=O) groups is 1. The Morgan fingerprint density at radius 1 is 1.16 bits per heavy atom. The molecule has 0 aliphatic heterocycles. The minimum Gasteiger partial charge on any atom is -0.324 e. The van der Waals surface area contributed by atoms with Gasteiger partial charge in [0.1, 0.15) is 10.9 Å². The summed E-state index contributed by atoms with van der Waals surface area (Å²) in [5.74, 6) is -0.770. The molecule has 10 heteroatoms. The van der Waals surface area contributed by atoms with Gasteiger partial charge in [-0.25, -0.2) is 4.98 Å². The Balaban J connectivity index is 1.70. The van der Waals surface area contributed by atoms with Crippen molar-refractivity contribution in [2.45, 2.75) is 19.1 Å². The molecule has 0 radical (unpaired) electrons. The molecule has 5 nitrogen and oxygen atoms in total. The highest BCUT2D eigenvalue weighted by Gasteiger charge is 2.34. The van der Waals surface area contributed by atoms with Crippen LogP contribution in [0.3, 0.4) is 0 Å². The Morgan fingerprint density at radius 2 is 1.84 bits per heavy atom. The smallest absolute Gasteiger partial charge is 0.324 e. The summed E-state index contributed by atoms with van der Waals surface area (Å²) in [6.45, 7) is 1.43. The van der Waals surface area contributed by atoms with Crippen molar-refractivity contribution in [3.05, 3.63) is 81.2 Å². The molecule has 2 heterocycles. The molecule has 1 amide bonds. The van der Waals surface area contributed by atoms with Gasteiger partial charge in [-0.2, -0.15) is 13.2 Å². The molecule has 164 valence electrons.